The topological polar surface area (TPSA) is 82.1 Å². The van der Waals surface area contributed by atoms with Crippen LogP contribution in [0.5, 0.6) is 0 Å². The number of carbonyl (C=O) groups excluding carboxylic acids is 3. The number of methoxy groups -OCH3 is 1. The molecule has 130 valence electrons. The number of likely N-dealkylation sites (tertiary alicyclic amines) is 1. The molecule has 23 heavy (non-hydrogen) atoms. The van der Waals surface area contributed by atoms with E-state index in [1.807, 2.05) is 0 Å². The van der Waals surface area contributed by atoms with Crippen LogP contribution in [-0.4, -0.2) is 61.3 Å². The lowest BCUT2D eigenvalue weighted by atomic mass is 9.91. The third kappa shape index (κ3) is 4.02. The third-order valence-electron chi connectivity index (χ3n) is 4.21. The highest BCUT2D eigenvalue weighted by molar-refractivity contribution is 5.83. The highest BCUT2D eigenvalue weighted by Gasteiger charge is 2.51. The van der Waals surface area contributed by atoms with Crippen molar-refractivity contribution in [3.8, 4) is 0 Å². The molecule has 0 bridgehead atoms. The number of hydrogen-bond acceptors (Lipinski definition) is 6. The molecule has 2 rings (SSSR count). The number of nitrogens with zero attached hydrogens (tertiary/aromatic N) is 1. The maximum Gasteiger partial charge on any atom is 0.411 e. The number of ether oxygens (including phenoxy) is 3. The lowest BCUT2D eigenvalue weighted by Crippen LogP contribution is -2.48. The zero-order chi connectivity index (χ0) is 17.2. The van der Waals surface area contributed by atoms with E-state index in [1.54, 1.807) is 20.8 Å². The molecule has 2 heterocycles. The summed E-state index contributed by atoms with van der Waals surface area (Å²) in [7, 11) is 1.29. The van der Waals surface area contributed by atoms with Crippen molar-refractivity contribution in [3.05, 3.63) is 0 Å². The molecule has 2 fully saturated rings. The smallest absolute Gasteiger partial charge is 0.411 e. The Morgan fingerprint density at radius 2 is 2.00 bits per heavy atom. The van der Waals surface area contributed by atoms with Crippen molar-refractivity contribution in [3.63, 3.8) is 0 Å². The van der Waals surface area contributed by atoms with Crippen LogP contribution >= 0.6 is 0 Å². The summed E-state index contributed by atoms with van der Waals surface area (Å²) in [5.74, 6) is -0.709. The van der Waals surface area contributed by atoms with E-state index in [1.165, 1.54) is 12.0 Å². The fraction of sp³-hybridized carbons (Fsp3) is 0.812. The largest absolute Gasteiger partial charge is 0.467 e. The van der Waals surface area contributed by atoms with Crippen LogP contribution in [0.4, 0.5) is 4.79 Å². The van der Waals surface area contributed by atoms with Crippen LogP contribution in [0.1, 0.15) is 33.6 Å². The molecule has 7 nitrogen and oxygen atoms in total. The van der Waals surface area contributed by atoms with Gasteiger partial charge in [0.25, 0.3) is 0 Å². The lowest BCUT2D eigenvalue weighted by Gasteiger charge is -2.28. The van der Waals surface area contributed by atoms with E-state index in [0.29, 0.717) is 26.0 Å². The van der Waals surface area contributed by atoms with E-state index in [9.17, 15) is 14.4 Å². The van der Waals surface area contributed by atoms with Crippen molar-refractivity contribution in [1.82, 2.24) is 4.90 Å². The molecule has 0 saturated carbocycles. The molecule has 7 heteroatoms. The molecule has 0 aliphatic carbocycles. The van der Waals surface area contributed by atoms with Crippen LogP contribution in [0.2, 0.25) is 0 Å². The number of amides is 1. The summed E-state index contributed by atoms with van der Waals surface area (Å²) < 4.78 is 16.0. The molecule has 2 saturated heterocycles. The highest BCUT2D eigenvalue weighted by Crippen LogP contribution is 2.35. The Labute approximate surface area is 136 Å². The summed E-state index contributed by atoms with van der Waals surface area (Å²) in [5, 5.41) is 0. The number of rotatable bonds is 2. The molecular formula is C16H25NO6. The number of hydrogen-bond donors (Lipinski definition) is 0. The second kappa shape index (κ2) is 6.86. The average molecular weight is 327 g/mol. The lowest BCUT2D eigenvalue weighted by molar-refractivity contribution is -0.150. The van der Waals surface area contributed by atoms with Crippen LogP contribution in [0.15, 0.2) is 0 Å². The summed E-state index contributed by atoms with van der Waals surface area (Å²) in [6.45, 7) is 6.02. The molecule has 2 aliphatic heterocycles. The summed E-state index contributed by atoms with van der Waals surface area (Å²) in [6.07, 6.45) is 1.14. The molecule has 2 aliphatic rings. The molecule has 0 radical (unpaired) electrons. The van der Waals surface area contributed by atoms with Gasteiger partial charge >= 0.3 is 12.1 Å². The van der Waals surface area contributed by atoms with E-state index in [0.717, 1.165) is 6.29 Å². The normalized spacial score (nSPS) is 31.0. The summed E-state index contributed by atoms with van der Waals surface area (Å²) in [6, 6.07) is -0.828. The van der Waals surface area contributed by atoms with Crippen LogP contribution in [0, 0.1) is 11.8 Å². The van der Waals surface area contributed by atoms with Crippen LogP contribution in [0.25, 0.3) is 0 Å². The van der Waals surface area contributed by atoms with Crippen molar-refractivity contribution in [2.45, 2.75) is 51.4 Å². The molecule has 1 amide bonds. The quantitative estimate of drug-likeness (QED) is 0.563. The van der Waals surface area contributed by atoms with Crippen molar-refractivity contribution >= 4 is 18.3 Å². The second-order valence-electron chi connectivity index (χ2n) is 7.12. The number of fused-ring (bicyclic) bond motifs is 1. The molecule has 0 spiro atoms. The van der Waals surface area contributed by atoms with Gasteiger partial charge in [0.2, 0.25) is 0 Å². The van der Waals surface area contributed by atoms with Crippen LogP contribution in [-0.2, 0) is 23.8 Å². The predicted octanol–water partition coefficient (Wildman–Crippen LogP) is 1.39. The Morgan fingerprint density at radius 1 is 1.30 bits per heavy atom. The SMILES string of the molecule is COC(=O)[C@@H]1[C@@H]2OCC[C@@H](C=O)C[C@H]2CN1C(=O)OC(C)(C)C. The van der Waals surface area contributed by atoms with Crippen molar-refractivity contribution in [2.24, 2.45) is 11.8 Å². The van der Waals surface area contributed by atoms with E-state index < -0.39 is 29.8 Å². The van der Waals surface area contributed by atoms with Gasteiger partial charge in [0.15, 0.2) is 6.04 Å². The first-order valence-electron chi connectivity index (χ1n) is 7.91. The van der Waals surface area contributed by atoms with Crippen LogP contribution in [0.3, 0.4) is 0 Å². The summed E-state index contributed by atoms with van der Waals surface area (Å²) >= 11 is 0. The molecule has 0 aromatic heterocycles. The molecule has 0 aromatic rings. The first-order valence-corrected chi connectivity index (χ1v) is 7.91. The number of carbonyl (C=O) groups is 3. The van der Waals surface area contributed by atoms with E-state index in [-0.39, 0.29) is 11.8 Å². The first-order chi connectivity index (χ1) is 10.8. The number of aldehydes is 1. The average Bonchev–Trinajstić information content (AvgIpc) is 2.70. The van der Waals surface area contributed by atoms with Gasteiger partial charge in [0.1, 0.15) is 11.9 Å². The van der Waals surface area contributed by atoms with Gasteiger partial charge in [0.05, 0.1) is 13.2 Å². The summed E-state index contributed by atoms with van der Waals surface area (Å²) in [4.78, 5) is 37.1. The molecule has 0 aromatic carbocycles. The van der Waals surface area contributed by atoms with Gasteiger partial charge in [-0.25, -0.2) is 9.59 Å². The number of esters is 1. The molecule has 0 unspecified atom stereocenters. The van der Waals surface area contributed by atoms with Gasteiger partial charge in [-0.2, -0.15) is 0 Å². The second-order valence-corrected chi connectivity index (χ2v) is 7.12. The minimum atomic E-state index is -0.828. The van der Waals surface area contributed by atoms with Gasteiger partial charge in [-0.05, 0) is 33.6 Å². The predicted molar refractivity (Wildman–Crippen MR) is 80.8 cm³/mol. The monoisotopic (exact) mass is 327 g/mol. The van der Waals surface area contributed by atoms with Gasteiger partial charge < -0.3 is 19.0 Å². The van der Waals surface area contributed by atoms with Crippen LogP contribution < -0.4 is 0 Å². The molecule has 0 N–H and O–H groups in total. The molecule has 4 atom stereocenters. The Balaban J connectivity index is 2.22. The van der Waals surface area contributed by atoms with Crippen molar-refractivity contribution in [2.75, 3.05) is 20.3 Å². The fourth-order valence-electron chi connectivity index (χ4n) is 3.22. The summed E-state index contributed by atoms with van der Waals surface area (Å²) in [5.41, 5.74) is -0.658. The Kier molecular flexibility index (Phi) is 5.29. The minimum absolute atomic E-state index is 0.0793. The van der Waals surface area contributed by atoms with E-state index in [4.69, 9.17) is 14.2 Å². The zero-order valence-corrected chi connectivity index (χ0v) is 14.1. The van der Waals surface area contributed by atoms with Gasteiger partial charge in [-0.3, -0.25) is 4.90 Å². The van der Waals surface area contributed by atoms with Gasteiger partial charge in [0, 0.05) is 25.0 Å². The highest BCUT2D eigenvalue weighted by atomic mass is 16.6. The fourth-order valence-corrected chi connectivity index (χ4v) is 3.22. The Bertz CT molecular complexity index is 472. The van der Waals surface area contributed by atoms with E-state index in [2.05, 4.69) is 0 Å². The molecular weight excluding hydrogens is 302 g/mol. The Morgan fingerprint density at radius 3 is 2.57 bits per heavy atom. The zero-order valence-electron chi connectivity index (χ0n) is 14.1. The maximum atomic E-state index is 12.4. The standard InChI is InChI=1S/C16H25NO6/c1-16(2,3)23-15(20)17-8-11-7-10(9-18)5-6-22-13(11)12(17)14(19)21-4/h9-13H,5-8H2,1-4H3/t10-,11+,12+,13-/m1/s1. The van der Waals surface area contributed by atoms with Crippen molar-refractivity contribution in [1.29, 1.82) is 0 Å². The van der Waals surface area contributed by atoms with E-state index >= 15 is 0 Å². The van der Waals surface area contributed by atoms with Gasteiger partial charge in [-0.15, -0.1) is 0 Å². The Hall–Kier alpha value is -1.63. The van der Waals surface area contributed by atoms with Crippen molar-refractivity contribution < 1.29 is 28.6 Å². The third-order valence-corrected chi connectivity index (χ3v) is 4.21. The minimum Gasteiger partial charge on any atom is -0.467 e. The first kappa shape index (κ1) is 17.7. The van der Waals surface area contributed by atoms with Gasteiger partial charge in [-0.1, -0.05) is 0 Å². The maximum absolute atomic E-state index is 12.4.